The van der Waals surface area contributed by atoms with Gasteiger partial charge < -0.3 is 24.2 Å². The summed E-state index contributed by atoms with van der Waals surface area (Å²) in [5, 5.41) is 9.80. The maximum Gasteiger partial charge on any atom is 0.472 e. The molecule has 3 atom stereocenters. The summed E-state index contributed by atoms with van der Waals surface area (Å²) in [4.78, 5) is 48.5. The average molecular weight is 1050 g/mol. The van der Waals surface area contributed by atoms with Gasteiger partial charge in [-0.1, -0.05) is 194 Å². The molecule has 2 N–H and O–H groups in total. The number of aliphatic hydroxyl groups excluding tert-OH is 1. The molecule has 0 aliphatic rings. The Labute approximate surface area is 449 Å². The minimum absolute atomic E-state index is 0.134. The lowest BCUT2D eigenvalue weighted by molar-refractivity contribution is -0.161. The molecular weight excluding hydrogens is 952 g/mol. The molecule has 3 unspecified atom stereocenters. The Bertz CT molecular complexity index is 1700. The predicted octanol–water partition coefficient (Wildman–Crippen LogP) is 16.8. The maximum atomic E-state index is 12.9. The van der Waals surface area contributed by atoms with Gasteiger partial charge in [0.25, 0.3) is 0 Å². The van der Waals surface area contributed by atoms with Crippen LogP contribution in [0, 0.1) is 0 Å². The number of esters is 3. The molecule has 0 fully saturated rings. The molecule has 0 heterocycles. The summed E-state index contributed by atoms with van der Waals surface area (Å²) in [6.45, 7) is 4.22. The Morgan fingerprint density at radius 2 is 0.662 bits per heavy atom. The van der Waals surface area contributed by atoms with Crippen LogP contribution in [0.15, 0.2) is 122 Å². The number of rotatable bonds is 51. The monoisotopic (exact) mass is 1050 g/mol. The fraction of sp³-hybridized carbons (Fsp3) is 0.629. The van der Waals surface area contributed by atoms with Gasteiger partial charge in [-0.05, 0) is 122 Å². The summed E-state index contributed by atoms with van der Waals surface area (Å²) >= 11 is 0. The van der Waals surface area contributed by atoms with Crippen LogP contribution in [0.4, 0.5) is 0 Å². The Balaban J connectivity index is 4.82. The van der Waals surface area contributed by atoms with Gasteiger partial charge in [-0.25, -0.2) is 4.57 Å². The van der Waals surface area contributed by atoms with Crippen molar-refractivity contribution < 1.29 is 52.2 Å². The number of unbranched alkanes of at least 4 members (excludes halogenated alkanes) is 14. The molecule has 11 nitrogen and oxygen atoms in total. The highest BCUT2D eigenvalue weighted by atomic mass is 31.2. The van der Waals surface area contributed by atoms with Crippen LogP contribution >= 0.6 is 7.82 Å². The second-order valence-corrected chi connectivity index (χ2v) is 19.8. The van der Waals surface area contributed by atoms with Crippen LogP contribution in [0.5, 0.6) is 0 Å². The Kier molecular flexibility index (Phi) is 52.1. The van der Waals surface area contributed by atoms with Gasteiger partial charge in [0.2, 0.25) is 0 Å². The number of allylic oxidation sites excluding steroid dienone is 20. The Hall–Kier alpha value is -4.12. The van der Waals surface area contributed by atoms with E-state index in [-0.39, 0.29) is 25.9 Å². The van der Waals surface area contributed by atoms with Crippen molar-refractivity contribution in [3.05, 3.63) is 122 Å². The second kappa shape index (κ2) is 55.1. The van der Waals surface area contributed by atoms with Gasteiger partial charge in [0.15, 0.2) is 6.10 Å². The fourth-order valence-electron chi connectivity index (χ4n) is 7.14. The number of carbonyl (C=O) groups is 3. The number of carbonyl (C=O) groups excluding carboxylic acids is 3. The summed E-state index contributed by atoms with van der Waals surface area (Å²) in [5.41, 5.74) is 0. The van der Waals surface area contributed by atoms with Crippen LogP contribution in [0.1, 0.15) is 213 Å². The third-order valence-corrected chi connectivity index (χ3v) is 12.3. The van der Waals surface area contributed by atoms with Crippen molar-refractivity contribution in [2.45, 2.75) is 226 Å². The molecule has 12 heteroatoms. The van der Waals surface area contributed by atoms with E-state index >= 15 is 0 Å². The Morgan fingerprint density at radius 1 is 0.378 bits per heavy atom. The van der Waals surface area contributed by atoms with Crippen molar-refractivity contribution in [3.63, 3.8) is 0 Å². The van der Waals surface area contributed by atoms with Crippen molar-refractivity contribution in [1.29, 1.82) is 0 Å². The molecular formula is C62H101O11P. The first-order chi connectivity index (χ1) is 36.2. The van der Waals surface area contributed by atoms with Crippen molar-refractivity contribution >= 4 is 25.7 Å². The molecule has 0 amide bonds. The highest BCUT2D eigenvalue weighted by Gasteiger charge is 2.28. The van der Waals surface area contributed by atoms with E-state index in [1.165, 1.54) is 0 Å². The summed E-state index contributed by atoms with van der Waals surface area (Å²) in [5.74, 6) is -1.54. The molecule has 0 aromatic carbocycles. The van der Waals surface area contributed by atoms with E-state index in [0.29, 0.717) is 19.3 Å². The molecule has 0 aromatic heterocycles. The maximum absolute atomic E-state index is 12.9. The standard InChI is InChI=1S/C62H101O11P/c1-4-7-10-13-16-19-22-25-27-28-29-30-32-35-38-41-44-47-50-53-62(66)73-59(55-69-60(64)51-48-45-42-39-36-34-31-26-23-20-17-14-11-8-5-2)57-71-74(67,68)70-56-58(54-63)72-61(65)52-49-46-43-40-37-33-24-21-18-15-12-9-6-3/h7-12,16-21,25-27,29-31,33,37,58-59,63H,4-6,13-15,22-24,28,32,34-36,38-57H2,1-3H3,(H,67,68)/b10-7-,11-8-,12-9-,19-16-,20-17-,21-18-,27-25-,30-29-,31-26-,37-33-. The molecule has 0 bridgehead atoms. The molecule has 0 aliphatic carbocycles. The first-order valence-electron chi connectivity index (χ1n) is 28.4. The number of phosphoric ester groups is 1. The molecule has 0 radical (unpaired) electrons. The van der Waals surface area contributed by atoms with E-state index < -0.39 is 57.8 Å². The second-order valence-electron chi connectivity index (χ2n) is 18.3. The van der Waals surface area contributed by atoms with E-state index in [0.717, 1.165) is 154 Å². The average Bonchev–Trinajstić information content (AvgIpc) is 3.39. The normalized spacial score (nSPS) is 14.3. The first-order valence-corrected chi connectivity index (χ1v) is 29.9. The number of hydrogen-bond acceptors (Lipinski definition) is 10. The smallest absolute Gasteiger partial charge is 0.462 e. The molecule has 0 saturated carbocycles. The predicted molar refractivity (Wildman–Crippen MR) is 306 cm³/mol. The van der Waals surface area contributed by atoms with Crippen molar-refractivity contribution in [1.82, 2.24) is 0 Å². The molecule has 420 valence electrons. The van der Waals surface area contributed by atoms with E-state index in [9.17, 15) is 28.9 Å². The molecule has 0 saturated heterocycles. The molecule has 74 heavy (non-hydrogen) atoms. The Morgan fingerprint density at radius 3 is 1.03 bits per heavy atom. The van der Waals surface area contributed by atoms with Crippen molar-refractivity contribution in [2.75, 3.05) is 26.4 Å². The summed E-state index contributed by atoms with van der Waals surface area (Å²) in [7, 11) is -4.77. The van der Waals surface area contributed by atoms with Gasteiger partial charge in [-0.2, -0.15) is 0 Å². The van der Waals surface area contributed by atoms with Crippen LogP contribution in [0.25, 0.3) is 0 Å². The SMILES string of the molecule is CC/C=C\C/C=C\C/C=C\C/C=C\CCCCCCCCC(=O)OC(COC(=O)CCCCCCC/C=C\C/C=C\C/C=C\CC)COP(=O)(O)OCC(CO)OC(=O)CCCCC/C=C\C/C=C\C/C=C\CC. The summed E-state index contributed by atoms with van der Waals surface area (Å²) in [6, 6.07) is 0. The number of aliphatic hydroxyl groups is 1. The van der Waals surface area contributed by atoms with E-state index in [2.05, 4.69) is 142 Å². The van der Waals surface area contributed by atoms with Gasteiger partial charge in [0, 0.05) is 19.3 Å². The minimum atomic E-state index is -4.77. The molecule has 0 aromatic rings. The lowest BCUT2D eigenvalue weighted by atomic mass is 10.1. The van der Waals surface area contributed by atoms with Gasteiger partial charge >= 0.3 is 25.7 Å². The van der Waals surface area contributed by atoms with Crippen LogP contribution in [-0.2, 0) is 42.2 Å². The number of hydrogen-bond donors (Lipinski definition) is 2. The molecule has 0 aliphatic heterocycles. The molecule has 0 rings (SSSR count). The van der Waals surface area contributed by atoms with Crippen molar-refractivity contribution in [3.8, 4) is 0 Å². The summed E-state index contributed by atoms with van der Waals surface area (Å²) < 4.78 is 39.5. The third kappa shape index (κ3) is 52.7. The van der Waals surface area contributed by atoms with Crippen LogP contribution in [0.2, 0.25) is 0 Å². The number of ether oxygens (including phenoxy) is 3. The van der Waals surface area contributed by atoms with Crippen molar-refractivity contribution in [2.24, 2.45) is 0 Å². The largest absolute Gasteiger partial charge is 0.472 e. The first kappa shape index (κ1) is 69.9. The fourth-order valence-corrected chi connectivity index (χ4v) is 7.92. The minimum Gasteiger partial charge on any atom is -0.462 e. The lowest BCUT2D eigenvalue weighted by Gasteiger charge is -2.21. The van der Waals surface area contributed by atoms with Crippen LogP contribution in [-0.4, -0.2) is 66.5 Å². The molecule has 0 spiro atoms. The zero-order valence-corrected chi connectivity index (χ0v) is 47.2. The zero-order valence-electron chi connectivity index (χ0n) is 46.3. The van der Waals surface area contributed by atoms with Gasteiger partial charge in [-0.3, -0.25) is 23.4 Å². The highest BCUT2D eigenvalue weighted by molar-refractivity contribution is 7.47. The number of phosphoric acid groups is 1. The van der Waals surface area contributed by atoms with Crippen LogP contribution < -0.4 is 0 Å². The highest BCUT2D eigenvalue weighted by Crippen LogP contribution is 2.43. The third-order valence-electron chi connectivity index (χ3n) is 11.4. The zero-order chi connectivity index (χ0) is 54.1. The van der Waals surface area contributed by atoms with E-state index in [1.807, 2.05) is 0 Å². The van der Waals surface area contributed by atoms with Crippen LogP contribution in [0.3, 0.4) is 0 Å². The van der Waals surface area contributed by atoms with Gasteiger partial charge in [0.05, 0.1) is 19.8 Å². The topological polar surface area (TPSA) is 155 Å². The van der Waals surface area contributed by atoms with E-state index in [1.54, 1.807) is 0 Å². The quantitative estimate of drug-likeness (QED) is 0.0197. The lowest BCUT2D eigenvalue weighted by Crippen LogP contribution is -2.30. The van der Waals surface area contributed by atoms with E-state index in [4.69, 9.17) is 23.3 Å². The summed E-state index contributed by atoms with van der Waals surface area (Å²) in [6.07, 6.45) is 67.3. The van der Waals surface area contributed by atoms with Gasteiger partial charge in [0.1, 0.15) is 12.7 Å². The van der Waals surface area contributed by atoms with Gasteiger partial charge in [-0.15, -0.1) is 0 Å².